The van der Waals surface area contributed by atoms with Gasteiger partial charge in [-0.25, -0.2) is 0 Å². The third-order valence-electron chi connectivity index (χ3n) is 1.80. The first-order valence-electron chi connectivity index (χ1n) is 3.90. The lowest BCUT2D eigenvalue weighted by Crippen LogP contribution is -2.28. The predicted molar refractivity (Wildman–Crippen MR) is 37.5 cm³/mol. The molecule has 0 aliphatic carbocycles. The van der Waals surface area contributed by atoms with Crippen LogP contribution in [-0.2, 0) is 4.74 Å². The number of hydrogen-bond acceptors (Lipinski definition) is 1. The molecular formula is C6H11BF3O-. The van der Waals surface area contributed by atoms with E-state index in [4.69, 9.17) is 4.74 Å². The Morgan fingerprint density at radius 2 is 2.00 bits per heavy atom. The maximum atomic E-state index is 11.8. The monoisotopic (exact) mass is 167 g/mol. The molecule has 0 amide bonds. The fraction of sp³-hybridized carbons (Fsp3) is 1.00. The molecule has 1 aliphatic heterocycles. The third kappa shape index (κ3) is 3.65. The summed E-state index contributed by atoms with van der Waals surface area (Å²) in [6.07, 6.45) is 1.07. The van der Waals surface area contributed by atoms with Crippen LogP contribution in [0.1, 0.15) is 19.3 Å². The Hall–Kier alpha value is -0.185. The van der Waals surface area contributed by atoms with Crippen LogP contribution in [0.15, 0.2) is 0 Å². The lowest BCUT2D eigenvalue weighted by molar-refractivity contribution is 0.0240. The number of rotatable bonds is 2. The van der Waals surface area contributed by atoms with Crippen LogP contribution in [0.3, 0.4) is 0 Å². The van der Waals surface area contributed by atoms with Crippen molar-refractivity contribution in [3.63, 3.8) is 0 Å². The van der Waals surface area contributed by atoms with Crippen molar-refractivity contribution < 1.29 is 17.7 Å². The molecule has 1 fully saturated rings. The van der Waals surface area contributed by atoms with Gasteiger partial charge in [-0.05, 0) is 19.3 Å². The van der Waals surface area contributed by atoms with Gasteiger partial charge in [0.25, 0.3) is 0 Å². The van der Waals surface area contributed by atoms with Crippen LogP contribution in [0.5, 0.6) is 0 Å². The van der Waals surface area contributed by atoms with Gasteiger partial charge < -0.3 is 17.7 Å². The summed E-state index contributed by atoms with van der Waals surface area (Å²) in [6, 6.07) is 0. The Morgan fingerprint density at radius 3 is 2.45 bits per heavy atom. The average Bonchev–Trinajstić information content (AvgIpc) is 1.85. The number of ether oxygens (including phenoxy) is 1. The summed E-state index contributed by atoms with van der Waals surface area (Å²) >= 11 is 0. The molecule has 1 rings (SSSR count). The van der Waals surface area contributed by atoms with E-state index >= 15 is 0 Å². The maximum Gasteiger partial charge on any atom is 0.480 e. The fourth-order valence-electron chi connectivity index (χ4n) is 1.29. The molecule has 11 heavy (non-hydrogen) atoms. The molecule has 0 aromatic rings. The average molecular weight is 167 g/mol. The van der Waals surface area contributed by atoms with Gasteiger partial charge in [0.05, 0.1) is 0 Å². The molecule has 1 saturated heterocycles. The molecule has 0 spiro atoms. The van der Waals surface area contributed by atoms with Gasteiger partial charge in [-0.15, -0.1) is 0 Å². The summed E-state index contributed by atoms with van der Waals surface area (Å²) in [5.74, 6) is 0. The zero-order valence-corrected chi connectivity index (χ0v) is 6.23. The lowest BCUT2D eigenvalue weighted by Gasteiger charge is -2.26. The van der Waals surface area contributed by atoms with Crippen molar-refractivity contribution in [2.45, 2.75) is 31.7 Å². The molecule has 1 atom stereocenters. The largest absolute Gasteiger partial charge is 0.480 e. The Kier molecular flexibility index (Phi) is 2.81. The van der Waals surface area contributed by atoms with E-state index in [0.29, 0.717) is 13.0 Å². The highest BCUT2D eigenvalue weighted by molar-refractivity contribution is 6.58. The van der Waals surface area contributed by atoms with Gasteiger partial charge >= 0.3 is 6.98 Å². The minimum atomic E-state index is -4.65. The summed E-state index contributed by atoms with van der Waals surface area (Å²) in [6.45, 7) is -4.16. The van der Waals surface area contributed by atoms with Crippen LogP contribution >= 0.6 is 0 Å². The first-order chi connectivity index (χ1) is 5.08. The number of hydrogen-bond donors (Lipinski definition) is 0. The van der Waals surface area contributed by atoms with E-state index in [0.717, 1.165) is 12.8 Å². The maximum absolute atomic E-state index is 11.8. The van der Waals surface area contributed by atoms with Crippen LogP contribution in [0, 0.1) is 0 Å². The summed E-state index contributed by atoms with van der Waals surface area (Å²) in [4.78, 5) is 0. The van der Waals surface area contributed by atoms with E-state index in [-0.39, 0.29) is 0 Å². The molecule has 1 aliphatic rings. The van der Waals surface area contributed by atoms with E-state index in [9.17, 15) is 12.9 Å². The normalized spacial score (nSPS) is 27.0. The highest BCUT2D eigenvalue weighted by Crippen LogP contribution is 2.24. The van der Waals surface area contributed by atoms with E-state index in [2.05, 4.69) is 0 Å². The smallest absolute Gasteiger partial charge is 0.449 e. The Morgan fingerprint density at radius 1 is 1.27 bits per heavy atom. The van der Waals surface area contributed by atoms with Crippen molar-refractivity contribution in [1.82, 2.24) is 0 Å². The summed E-state index contributed by atoms with van der Waals surface area (Å²) in [7, 11) is 0. The zero-order valence-electron chi connectivity index (χ0n) is 6.23. The van der Waals surface area contributed by atoms with E-state index in [1.165, 1.54) is 0 Å². The Labute approximate surface area is 64.0 Å². The van der Waals surface area contributed by atoms with Crippen LogP contribution in [-0.4, -0.2) is 19.7 Å². The lowest BCUT2D eigenvalue weighted by atomic mass is 9.81. The third-order valence-corrected chi connectivity index (χ3v) is 1.80. The second-order valence-corrected chi connectivity index (χ2v) is 2.93. The SMILES string of the molecule is F[B-](F)(F)C[C@@H]1CCCCO1. The van der Waals surface area contributed by atoms with Gasteiger partial charge in [-0.1, -0.05) is 6.32 Å². The molecule has 1 nitrogen and oxygen atoms in total. The van der Waals surface area contributed by atoms with E-state index < -0.39 is 19.4 Å². The van der Waals surface area contributed by atoms with Crippen LogP contribution in [0.4, 0.5) is 12.9 Å². The molecule has 0 saturated carbocycles. The van der Waals surface area contributed by atoms with E-state index in [1.807, 2.05) is 0 Å². The van der Waals surface area contributed by atoms with Crippen molar-refractivity contribution >= 4 is 6.98 Å². The first kappa shape index (κ1) is 8.91. The summed E-state index contributed by atoms with van der Waals surface area (Å²) < 4.78 is 40.4. The number of halogens is 3. The molecule has 0 bridgehead atoms. The highest BCUT2D eigenvalue weighted by Gasteiger charge is 2.28. The van der Waals surface area contributed by atoms with Crippen LogP contribution in [0.2, 0.25) is 6.32 Å². The molecule has 0 N–H and O–H groups in total. The van der Waals surface area contributed by atoms with Crippen molar-refractivity contribution in [3.8, 4) is 0 Å². The molecule has 0 aromatic carbocycles. The van der Waals surface area contributed by atoms with Gasteiger partial charge in [-0.2, -0.15) is 0 Å². The van der Waals surface area contributed by atoms with Gasteiger partial charge in [0.1, 0.15) is 0 Å². The molecule has 0 radical (unpaired) electrons. The van der Waals surface area contributed by atoms with Crippen LogP contribution in [0.25, 0.3) is 0 Å². The summed E-state index contributed by atoms with van der Waals surface area (Å²) in [5, 5.41) is 0. The molecule has 1 heterocycles. The van der Waals surface area contributed by atoms with Gasteiger partial charge in [0.15, 0.2) is 0 Å². The Bertz CT molecular complexity index is 119. The molecular weight excluding hydrogens is 156 g/mol. The van der Waals surface area contributed by atoms with Crippen molar-refractivity contribution in [2.75, 3.05) is 6.61 Å². The molecule has 66 valence electrons. The van der Waals surface area contributed by atoms with Crippen molar-refractivity contribution in [1.29, 1.82) is 0 Å². The van der Waals surface area contributed by atoms with Gasteiger partial charge in [0.2, 0.25) is 0 Å². The molecule has 0 unspecified atom stereocenters. The topological polar surface area (TPSA) is 9.23 Å². The minimum Gasteiger partial charge on any atom is -0.449 e. The second kappa shape index (κ2) is 3.47. The molecule has 0 aromatic heterocycles. The van der Waals surface area contributed by atoms with Gasteiger partial charge in [0, 0.05) is 12.7 Å². The Balaban J connectivity index is 2.24. The van der Waals surface area contributed by atoms with Crippen molar-refractivity contribution in [2.24, 2.45) is 0 Å². The quantitative estimate of drug-likeness (QED) is 0.573. The molecule has 5 heteroatoms. The van der Waals surface area contributed by atoms with Crippen molar-refractivity contribution in [3.05, 3.63) is 0 Å². The van der Waals surface area contributed by atoms with Crippen LogP contribution < -0.4 is 0 Å². The fourth-order valence-corrected chi connectivity index (χ4v) is 1.29. The predicted octanol–water partition coefficient (Wildman–Crippen LogP) is 2.40. The highest BCUT2D eigenvalue weighted by atomic mass is 19.4. The standard InChI is InChI=1S/C6H11BF3O/c8-7(9,10)5-6-3-1-2-4-11-6/h6H,1-5H2/q-1/t6-/m0/s1. The second-order valence-electron chi connectivity index (χ2n) is 2.93. The zero-order chi connectivity index (χ0) is 8.32. The minimum absolute atomic E-state index is 0.497. The first-order valence-corrected chi connectivity index (χ1v) is 3.90. The summed E-state index contributed by atoms with van der Waals surface area (Å²) in [5.41, 5.74) is 0. The van der Waals surface area contributed by atoms with E-state index in [1.54, 1.807) is 0 Å². The van der Waals surface area contributed by atoms with Gasteiger partial charge in [-0.3, -0.25) is 0 Å².